The molecule has 0 bridgehead atoms. The molecule has 0 amide bonds. The topological polar surface area (TPSA) is 36.0 Å². The van der Waals surface area contributed by atoms with Crippen LogP contribution < -0.4 is 0 Å². The molecule has 0 aliphatic carbocycles. The standard InChI is InChI=1S/C13H17NO/c1-13(2,3)11-7-14-12-6-9(8-15)4-5-10(11)12/h4-7,14-15H,8H2,1-3H3. The van der Waals surface area contributed by atoms with Gasteiger partial charge in [-0.15, -0.1) is 0 Å². The van der Waals surface area contributed by atoms with E-state index < -0.39 is 0 Å². The molecule has 0 aliphatic heterocycles. The van der Waals surface area contributed by atoms with E-state index in [4.69, 9.17) is 5.11 Å². The molecule has 15 heavy (non-hydrogen) atoms. The third-order valence-corrected chi connectivity index (χ3v) is 2.74. The maximum Gasteiger partial charge on any atom is 0.0682 e. The molecule has 80 valence electrons. The maximum absolute atomic E-state index is 9.05. The fraction of sp³-hybridized carbons (Fsp3) is 0.385. The molecule has 0 fully saturated rings. The van der Waals surface area contributed by atoms with Crippen molar-refractivity contribution in [3.63, 3.8) is 0 Å². The smallest absolute Gasteiger partial charge is 0.0682 e. The molecule has 0 aliphatic rings. The maximum atomic E-state index is 9.05. The summed E-state index contributed by atoms with van der Waals surface area (Å²) in [6.07, 6.45) is 2.06. The van der Waals surface area contributed by atoms with Crippen LogP contribution >= 0.6 is 0 Å². The zero-order valence-corrected chi connectivity index (χ0v) is 9.46. The number of benzene rings is 1. The van der Waals surface area contributed by atoms with E-state index in [-0.39, 0.29) is 12.0 Å². The molecular formula is C13H17NO. The van der Waals surface area contributed by atoms with E-state index in [1.807, 2.05) is 12.1 Å². The third kappa shape index (κ3) is 1.77. The van der Waals surface area contributed by atoms with Crippen LogP contribution in [0.3, 0.4) is 0 Å². The molecule has 0 atom stereocenters. The highest BCUT2D eigenvalue weighted by atomic mass is 16.3. The molecule has 0 spiro atoms. The second-order valence-electron chi connectivity index (χ2n) is 4.99. The van der Waals surface area contributed by atoms with E-state index in [0.29, 0.717) is 0 Å². The summed E-state index contributed by atoms with van der Waals surface area (Å²) < 4.78 is 0. The van der Waals surface area contributed by atoms with Crippen LogP contribution in [0.5, 0.6) is 0 Å². The highest BCUT2D eigenvalue weighted by Gasteiger charge is 2.17. The molecule has 0 unspecified atom stereocenters. The molecular weight excluding hydrogens is 186 g/mol. The van der Waals surface area contributed by atoms with Crippen LogP contribution in [0.4, 0.5) is 0 Å². The summed E-state index contributed by atoms with van der Waals surface area (Å²) in [5.74, 6) is 0. The lowest BCUT2D eigenvalue weighted by Gasteiger charge is -2.17. The SMILES string of the molecule is CC(C)(C)c1c[nH]c2cc(CO)ccc12. The molecule has 2 rings (SSSR count). The highest BCUT2D eigenvalue weighted by molar-refractivity contribution is 5.84. The van der Waals surface area contributed by atoms with Crippen molar-refractivity contribution < 1.29 is 5.11 Å². The van der Waals surface area contributed by atoms with Gasteiger partial charge in [-0.1, -0.05) is 32.9 Å². The van der Waals surface area contributed by atoms with Crippen molar-refractivity contribution in [3.8, 4) is 0 Å². The Bertz CT molecular complexity index is 477. The van der Waals surface area contributed by atoms with Gasteiger partial charge in [0.15, 0.2) is 0 Å². The fourth-order valence-electron chi connectivity index (χ4n) is 1.89. The summed E-state index contributed by atoms with van der Waals surface area (Å²) in [6, 6.07) is 6.06. The first-order valence-corrected chi connectivity index (χ1v) is 5.24. The number of aromatic amines is 1. The highest BCUT2D eigenvalue weighted by Crippen LogP contribution is 2.30. The van der Waals surface area contributed by atoms with Crippen LogP contribution in [0.15, 0.2) is 24.4 Å². The van der Waals surface area contributed by atoms with Crippen molar-refractivity contribution in [1.29, 1.82) is 0 Å². The number of hydrogen-bond donors (Lipinski definition) is 2. The largest absolute Gasteiger partial charge is 0.392 e. The number of H-pyrrole nitrogens is 1. The monoisotopic (exact) mass is 203 g/mol. The Labute approximate surface area is 89.9 Å². The summed E-state index contributed by atoms with van der Waals surface area (Å²) in [4.78, 5) is 3.26. The minimum Gasteiger partial charge on any atom is -0.392 e. The lowest BCUT2D eigenvalue weighted by Crippen LogP contribution is -2.09. The van der Waals surface area contributed by atoms with Gasteiger partial charge in [0, 0.05) is 17.1 Å². The first-order chi connectivity index (χ1) is 7.02. The van der Waals surface area contributed by atoms with Crippen molar-refractivity contribution in [1.82, 2.24) is 4.98 Å². The van der Waals surface area contributed by atoms with E-state index in [1.165, 1.54) is 10.9 Å². The zero-order chi connectivity index (χ0) is 11.1. The Morgan fingerprint density at radius 2 is 2.00 bits per heavy atom. The van der Waals surface area contributed by atoms with Crippen molar-refractivity contribution in [2.24, 2.45) is 0 Å². The van der Waals surface area contributed by atoms with Crippen molar-refractivity contribution in [3.05, 3.63) is 35.5 Å². The molecule has 0 radical (unpaired) electrons. The van der Waals surface area contributed by atoms with Gasteiger partial charge in [-0.25, -0.2) is 0 Å². The van der Waals surface area contributed by atoms with E-state index in [2.05, 4.69) is 38.0 Å². The van der Waals surface area contributed by atoms with Gasteiger partial charge in [0.1, 0.15) is 0 Å². The Morgan fingerprint density at radius 1 is 1.27 bits per heavy atom. The second kappa shape index (κ2) is 3.38. The summed E-state index contributed by atoms with van der Waals surface area (Å²) >= 11 is 0. The van der Waals surface area contributed by atoms with Gasteiger partial charge in [0.2, 0.25) is 0 Å². The lowest BCUT2D eigenvalue weighted by atomic mass is 9.87. The van der Waals surface area contributed by atoms with E-state index >= 15 is 0 Å². The van der Waals surface area contributed by atoms with Crippen molar-refractivity contribution in [2.75, 3.05) is 0 Å². The first kappa shape index (κ1) is 10.2. The quantitative estimate of drug-likeness (QED) is 0.734. The fourth-order valence-corrected chi connectivity index (χ4v) is 1.89. The average molecular weight is 203 g/mol. The average Bonchev–Trinajstić information content (AvgIpc) is 2.59. The Kier molecular flexibility index (Phi) is 2.31. The summed E-state index contributed by atoms with van der Waals surface area (Å²) in [5, 5.41) is 10.3. The first-order valence-electron chi connectivity index (χ1n) is 5.24. The molecule has 2 N–H and O–H groups in total. The van der Waals surface area contributed by atoms with Gasteiger partial charge in [-0.3, -0.25) is 0 Å². The van der Waals surface area contributed by atoms with Crippen LogP contribution in [-0.4, -0.2) is 10.1 Å². The van der Waals surface area contributed by atoms with Crippen LogP contribution in [0.25, 0.3) is 10.9 Å². The van der Waals surface area contributed by atoms with E-state index in [9.17, 15) is 0 Å². The third-order valence-electron chi connectivity index (χ3n) is 2.74. The Balaban J connectivity index is 2.62. The van der Waals surface area contributed by atoms with Crippen LogP contribution in [-0.2, 0) is 12.0 Å². The lowest BCUT2D eigenvalue weighted by molar-refractivity contribution is 0.282. The molecule has 2 nitrogen and oxygen atoms in total. The number of fused-ring (bicyclic) bond motifs is 1. The van der Waals surface area contributed by atoms with Gasteiger partial charge >= 0.3 is 0 Å². The van der Waals surface area contributed by atoms with Crippen LogP contribution in [0, 0.1) is 0 Å². The van der Waals surface area contributed by atoms with Gasteiger partial charge in [-0.2, -0.15) is 0 Å². The number of aromatic nitrogens is 1. The van der Waals surface area contributed by atoms with Crippen molar-refractivity contribution >= 4 is 10.9 Å². The van der Waals surface area contributed by atoms with Crippen molar-refractivity contribution in [2.45, 2.75) is 32.8 Å². The Hall–Kier alpha value is -1.28. The molecule has 1 aromatic carbocycles. The van der Waals surface area contributed by atoms with Gasteiger partial charge in [0.05, 0.1) is 6.61 Å². The van der Waals surface area contributed by atoms with Crippen LogP contribution in [0.1, 0.15) is 31.9 Å². The van der Waals surface area contributed by atoms with E-state index in [1.54, 1.807) is 0 Å². The number of aliphatic hydroxyl groups excluding tert-OH is 1. The Morgan fingerprint density at radius 3 is 2.60 bits per heavy atom. The normalized spacial score (nSPS) is 12.3. The summed E-state index contributed by atoms with van der Waals surface area (Å²) in [7, 11) is 0. The van der Waals surface area contributed by atoms with Crippen LogP contribution in [0.2, 0.25) is 0 Å². The molecule has 1 aromatic heterocycles. The molecule has 0 saturated heterocycles. The number of nitrogens with one attached hydrogen (secondary N) is 1. The molecule has 2 heteroatoms. The van der Waals surface area contributed by atoms with Gasteiger partial charge < -0.3 is 10.1 Å². The minimum atomic E-state index is 0.0970. The second-order valence-corrected chi connectivity index (χ2v) is 4.99. The minimum absolute atomic E-state index is 0.0970. The predicted molar refractivity (Wildman–Crippen MR) is 62.9 cm³/mol. The summed E-state index contributed by atoms with van der Waals surface area (Å²) in [6.45, 7) is 6.71. The molecule has 0 saturated carbocycles. The number of rotatable bonds is 1. The molecule has 1 heterocycles. The van der Waals surface area contributed by atoms with Gasteiger partial charge in [0.25, 0.3) is 0 Å². The zero-order valence-electron chi connectivity index (χ0n) is 9.46. The predicted octanol–water partition coefficient (Wildman–Crippen LogP) is 2.96. The summed E-state index contributed by atoms with van der Waals surface area (Å²) in [5.41, 5.74) is 3.53. The van der Waals surface area contributed by atoms with E-state index in [0.717, 1.165) is 11.1 Å². The number of hydrogen-bond acceptors (Lipinski definition) is 1. The van der Waals surface area contributed by atoms with Gasteiger partial charge in [-0.05, 0) is 22.6 Å². The number of aliphatic hydroxyl groups is 1. The molecule has 2 aromatic rings.